The maximum absolute atomic E-state index is 11.2. The van der Waals surface area contributed by atoms with Gasteiger partial charge in [0.2, 0.25) is 0 Å². The van der Waals surface area contributed by atoms with Crippen LogP contribution in [0.15, 0.2) is 84.0 Å². The third-order valence-corrected chi connectivity index (χ3v) is 4.82. The van der Waals surface area contributed by atoms with E-state index in [1.807, 2.05) is 65.7 Å². The van der Waals surface area contributed by atoms with Crippen molar-refractivity contribution in [3.63, 3.8) is 0 Å². The van der Waals surface area contributed by atoms with Gasteiger partial charge in [-0.25, -0.2) is 0 Å². The van der Waals surface area contributed by atoms with E-state index in [9.17, 15) is 10.1 Å². The van der Waals surface area contributed by atoms with Crippen LogP contribution in [0.4, 0.5) is 11.4 Å². The van der Waals surface area contributed by atoms with Crippen molar-refractivity contribution in [2.24, 2.45) is 5.10 Å². The molecule has 28 heavy (non-hydrogen) atoms. The quantitative estimate of drug-likeness (QED) is 0.468. The van der Waals surface area contributed by atoms with E-state index in [1.54, 1.807) is 19.2 Å². The summed E-state index contributed by atoms with van der Waals surface area (Å²) in [6, 6.07) is 24.2. The van der Waals surface area contributed by atoms with E-state index in [0.29, 0.717) is 12.2 Å². The average Bonchev–Trinajstić information content (AvgIpc) is 3.20. The topological polar surface area (TPSA) is 68.0 Å². The van der Waals surface area contributed by atoms with Crippen molar-refractivity contribution < 1.29 is 9.66 Å². The number of anilines is 1. The van der Waals surface area contributed by atoms with Gasteiger partial charge in [-0.1, -0.05) is 54.6 Å². The number of benzene rings is 3. The number of rotatable bonds is 5. The molecule has 0 aromatic heterocycles. The molecule has 0 N–H and O–H groups in total. The minimum atomic E-state index is -0.370. The van der Waals surface area contributed by atoms with Gasteiger partial charge in [-0.2, -0.15) is 5.10 Å². The summed E-state index contributed by atoms with van der Waals surface area (Å²) >= 11 is 0. The van der Waals surface area contributed by atoms with Crippen LogP contribution in [0, 0.1) is 10.1 Å². The van der Waals surface area contributed by atoms with Gasteiger partial charge >= 0.3 is 0 Å². The molecule has 3 aromatic rings. The van der Waals surface area contributed by atoms with Crippen LogP contribution in [0.25, 0.3) is 0 Å². The first-order chi connectivity index (χ1) is 13.7. The van der Waals surface area contributed by atoms with Crippen molar-refractivity contribution in [2.75, 3.05) is 12.1 Å². The van der Waals surface area contributed by atoms with Gasteiger partial charge in [0, 0.05) is 18.6 Å². The zero-order valence-corrected chi connectivity index (χ0v) is 15.4. The Morgan fingerprint density at radius 1 is 1.04 bits per heavy atom. The third-order valence-electron chi connectivity index (χ3n) is 4.82. The predicted molar refractivity (Wildman–Crippen MR) is 109 cm³/mol. The molecular weight excluding hydrogens is 354 g/mol. The number of ether oxygens (including phenoxy) is 1. The van der Waals surface area contributed by atoms with Crippen LogP contribution in [0.3, 0.4) is 0 Å². The minimum absolute atomic E-state index is 0.0747. The first kappa shape index (κ1) is 17.7. The van der Waals surface area contributed by atoms with Crippen molar-refractivity contribution >= 4 is 17.1 Å². The number of para-hydroxylation sites is 2. The second kappa shape index (κ2) is 7.52. The Morgan fingerprint density at radius 2 is 1.79 bits per heavy atom. The highest BCUT2D eigenvalue weighted by atomic mass is 16.6. The molecule has 6 heteroatoms. The summed E-state index contributed by atoms with van der Waals surface area (Å²) in [6.45, 7) is 0. The maximum atomic E-state index is 11.2. The van der Waals surface area contributed by atoms with Gasteiger partial charge in [0.15, 0.2) is 0 Å². The Balaban J connectivity index is 1.80. The molecule has 1 atom stereocenters. The predicted octanol–water partition coefficient (Wildman–Crippen LogP) is 4.96. The largest absolute Gasteiger partial charge is 0.495 e. The molecule has 0 unspecified atom stereocenters. The van der Waals surface area contributed by atoms with E-state index < -0.39 is 0 Å². The summed E-state index contributed by atoms with van der Waals surface area (Å²) in [5, 5.41) is 18.0. The van der Waals surface area contributed by atoms with Gasteiger partial charge < -0.3 is 4.74 Å². The SMILES string of the molecule is COc1ccccc1N1N=C(c2ccccc2)C[C@@H]1c1cccc([N+](=O)[O-])c1. The average molecular weight is 373 g/mol. The van der Waals surface area contributed by atoms with Crippen molar-refractivity contribution in [1.29, 1.82) is 0 Å². The van der Waals surface area contributed by atoms with Gasteiger partial charge in [0.25, 0.3) is 5.69 Å². The van der Waals surface area contributed by atoms with Gasteiger partial charge in [-0.05, 0) is 23.3 Å². The molecule has 6 nitrogen and oxygen atoms in total. The van der Waals surface area contributed by atoms with Gasteiger partial charge in [-0.3, -0.25) is 15.1 Å². The molecule has 140 valence electrons. The first-order valence-electron chi connectivity index (χ1n) is 8.97. The third kappa shape index (κ3) is 3.32. The molecule has 1 aliphatic rings. The fraction of sp³-hybridized carbons (Fsp3) is 0.136. The number of nitro benzene ring substituents is 1. The number of nitro groups is 1. The van der Waals surface area contributed by atoms with Crippen LogP contribution in [0.1, 0.15) is 23.6 Å². The molecule has 1 heterocycles. The van der Waals surface area contributed by atoms with E-state index >= 15 is 0 Å². The van der Waals surface area contributed by atoms with Crippen LogP contribution in [-0.2, 0) is 0 Å². The van der Waals surface area contributed by atoms with E-state index in [0.717, 1.165) is 22.5 Å². The minimum Gasteiger partial charge on any atom is -0.495 e. The summed E-state index contributed by atoms with van der Waals surface area (Å²) in [7, 11) is 1.62. The van der Waals surface area contributed by atoms with E-state index in [2.05, 4.69) is 0 Å². The highest BCUT2D eigenvalue weighted by molar-refractivity contribution is 6.03. The lowest BCUT2D eigenvalue weighted by Crippen LogP contribution is -2.19. The summed E-state index contributed by atoms with van der Waals surface area (Å²) < 4.78 is 5.53. The van der Waals surface area contributed by atoms with Crippen LogP contribution in [0.5, 0.6) is 5.75 Å². The number of hydrazone groups is 1. The van der Waals surface area contributed by atoms with Crippen molar-refractivity contribution in [3.05, 3.63) is 100 Å². The summed E-state index contributed by atoms with van der Waals surface area (Å²) in [5.41, 5.74) is 3.71. The molecule has 0 spiro atoms. The normalized spacial score (nSPS) is 16.0. The van der Waals surface area contributed by atoms with Crippen LogP contribution in [-0.4, -0.2) is 17.7 Å². The molecule has 1 aliphatic heterocycles. The number of hydrogen-bond donors (Lipinski definition) is 0. The Bertz CT molecular complexity index is 1030. The summed E-state index contributed by atoms with van der Waals surface area (Å²) in [4.78, 5) is 10.9. The first-order valence-corrected chi connectivity index (χ1v) is 8.97. The number of nitrogens with zero attached hydrogens (tertiary/aromatic N) is 3. The highest BCUT2D eigenvalue weighted by Crippen LogP contribution is 2.41. The molecule has 0 amide bonds. The number of methoxy groups -OCH3 is 1. The van der Waals surface area contributed by atoms with Crippen LogP contribution < -0.4 is 9.75 Å². The second-order valence-electron chi connectivity index (χ2n) is 6.50. The number of non-ortho nitro benzene ring substituents is 1. The van der Waals surface area contributed by atoms with Gasteiger partial charge in [0.1, 0.15) is 11.4 Å². The molecule has 0 saturated heterocycles. The monoisotopic (exact) mass is 373 g/mol. The van der Waals surface area contributed by atoms with Crippen molar-refractivity contribution in [3.8, 4) is 5.75 Å². The zero-order chi connectivity index (χ0) is 19.5. The second-order valence-corrected chi connectivity index (χ2v) is 6.50. The Labute approximate surface area is 162 Å². The standard InChI is InChI=1S/C22H19N3O3/c1-28-22-13-6-5-12-20(22)24-21(17-10-7-11-18(14-17)25(26)27)15-19(23-24)16-8-3-2-4-9-16/h2-14,21H,15H2,1H3/t21-/m1/s1. The lowest BCUT2D eigenvalue weighted by Gasteiger charge is -2.25. The van der Waals surface area contributed by atoms with Crippen molar-refractivity contribution in [1.82, 2.24) is 0 Å². The smallest absolute Gasteiger partial charge is 0.269 e. The lowest BCUT2D eigenvalue weighted by molar-refractivity contribution is -0.384. The molecule has 0 radical (unpaired) electrons. The van der Waals surface area contributed by atoms with E-state index in [-0.39, 0.29) is 16.7 Å². The highest BCUT2D eigenvalue weighted by Gasteiger charge is 2.32. The fourth-order valence-corrected chi connectivity index (χ4v) is 3.46. The van der Waals surface area contributed by atoms with E-state index in [4.69, 9.17) is 9.84 Å². The molecule has 0 fully saturated rings. The Morgan fingerprint density at radius 3 is 2.54 bits per heavy atom. The summed E-state index contributed by atoms with van der Waals surface area (Å²) in [6.07, 6.45) is 0.642. The molecule has 0 saturated carbocycles. The molecule has 0 aliphatic carbocycles. The van der Waals surface area contributed by atoms with Gasteiger partial charge in [0.05, 0.1) is 23.8 Å². The molecular formula is C22H19N3O3. The fourth-order valence-electron chi connectivity index (χ4n) is 3.46. The zero-order valence-electron chi connectivity index (χ0n) is 15.4. The maximum Gasteiger partial charge on any atom is 0.269 e. The summed E-state index contributed by atoms with van der Waals surface area (Å²) in [5.74, 6) is 0.705. The molecule has 4 rings (SSSR count). The van der Waals surface area contributed by atoms with Crippen LogP contribution >= 0.6 is 0 Å². The Kier molecular flexibility index (Phi) is 4.76. The number of hydrogen-bond acceptors (Lipinski definition) is 5. The van der Waals surface area contributed by atoms with E-state index in [1.165, 1.54) is 6.07 Å². The van der Waals surface area contributed by atoms with Crippen molar-refractivity contribution in [2.45, 2.75) is 12.5 Å². The lowest BCUT2D eigenvalue weighted by atomic mass is 9.98. The van der Waals surface area contributed by atoms with Crippen LogP contribution in [0.2, 0.25) is 0 Å². The van der Waals surface area contributed by atoms with Gasteiger partial charge in [-0.15, -0.1) is 0 Å². The molecule has 3 aromatic carbocycles. The Hall–Kier alpha value is -3.67. The molecule has 0 bridgehead atoms.